The smallest absolute Gasteiger partial charge is 0.264 e. The van der Waals surface area contributed by atoms with Gasteiger partial charge in [0.05, 0.1) is 12.4 Å². The molecule has 2 aliphatic rings. The van der Waals surface area contributed by atoms with E-state index in [9.17, 15) is 8.42 Å². The molecule has 25 heavy (non-hydrogen) atoms. The Balaban J connectivity index is 1.73. The summed E-state index contributed by atoms with van der Waals surface area (Å²) in [5.41, 5.74) is 0. The van der Waals surface area contributed by atoms with Crippen LogP contribution in [0.1, 0.15) is 84.5 Å². The Labute approximate surface area is 155 Å². The van der Waals surface area contributed by atoms with Crippen LogP contribution in [0.5, 0.6) is 0 Å². The Hall–Kier alpha value is -0.350. The molecule has 0 saturated heterocycles. The fourth-order valence-electron chi connectivity index (χ4n) is 5.14. The van der Waals surface area contributed by atoms with Crippen LogP contribution in [0.2, 0.25) is 0 Å². The van der Waals surface area contributed by atoms with Gasteiger partial charge in [-0.2, -0.15) is 8.42 Å². The predicted octanol–water partition coefficient (Wildman–Crippen LogP) is 5.71. The zero-order chi connectivity index (χ0) is 18.3. The summed E-state index contributed by atoms with van der Waals surface area (Å²) in [6.45, 7) is 4.15. The first-order valence-electron chi connectivity index (χ1n) is 10.4. The van der Waals surface area contributed by atoms with Crippen LogP contribution < -0.4 is 0 Å². The molecular formula is C21H38O3S. The van der Waals surface area contributed by atoms with E-state index < -0.39 is 10.1 Å². The number of rotatable bonds is 8. The normalized spacial score (nSPS) is 32.8. The van der Waals surface area contributed by atoms with Gasteiger partial charge in [0.2, 0.25) is 0 Å². The molecule has 2 fully saturated rings. The van der Waals surface area contributed by atoms with Gasteiger partial charge in [0, 0.05) is 0 Å². The second-order valence-electron chi connectivity index (χ2n) is 8.35. The molecule has 0 N–H and O–H groups in total. The molecule has 0 aromatic heterocycles. The first kappa shape index (κ1) is 21.0. The molecule has 4 heteroatoms. The highest BCUT2D eigenvalue weighted by Gasteiger charge is 2.34. The van der Waals surface area contributed by atoms with E-state index in [1.165, 1.54) is 57.6 Å². The Morgan fingerprint density at radius 1 is 1.00 bits per heavy atom. The Morgan fingerprint density at radius 2 is 1.56 bits per heavy atom. The van der Waals surface area contributed by atoms with Crippen LogP contribution in [0.25, 0.3) is 0 Å². The summed E-state index contributed by atoms with van der Waals surface area (Å²) in [7, 11) is -3.34. The predicted molar refractivity (Wildman–Crippen MR) is 105 cm³/mol. The van der Waals surface area contributed by atoms with Crippen LogP contribution in [-0.2, 0) is 14.3 Å². The molecule has 2 rings (SSSR count). The lowest BCUT2D eigenvalue weighted by molar-refractivity contribution is 0.0750. The SMILES string of the molecule is C/C=C/CCC1CCC(C2CCC(C(CC)OS(C)(=O)=O)CC2)CC1. The van der Waals surface area contributed by atoms with Gasteiger partial charge in [-0.1, -0.05) is 31.9 Å². The van der Waals surface area contributed by atoms with Crippen molar-refractivity contribution in [2.24, 2.45) is 23.7 Å². The quantitative estimate of drug-likeness (QED) is 0.406. The van der Waals surface area contributed by atoms with Gasteiger partial charge in [-0.25, -0.2) is 0 Å². The van der Waals surface area contributed by atoms with E-state index in [0.717, 1.165) is 37.0 Å². The van der Waals surface area contributed by atoms with Crippen molar-refractivity contribution in [2.45, 2.75) is 90.6 Å². The molecule has 0 aromatic rings. The van der Waals surface area contributed by atoms with E-state index in [1.54, 1.807) is 0 Å². The van der Waals surface area contributed by atoms with Crippen LogP contribution in [-0.4, -0.2) is 20.8 Å². The molecule has 0 aromatic carbocycles. The van der Waals surface area contributed by atoms with Gasteiger partial charge < -0.3 is 0 Å². The van der Waals surface area contributed by atoms with Gasteiger partial charge in [0.25, 0.3) is 10.1 Å². The van der Waals surface area contributed by atoms with Crippen molar-refractivity contribution in [2.75, 3.05) is 6.26 Å². The summed E-state index contributed by atoms with van der Waals surface area (Å²) in [5.74, 6) is 3.14. The molecule has 2 saturated carbocycles. The van der Waals surface area contributed by atoms with Crippen LogP contribution >= 0.6 is 0 Å². The highest BCUT2D eigenvalue weighted by atomic mass is 32.2. The van der Waals surface area contributed by atoms with Crippen molar-refractivity contribution >= 4 is 10.1 Å². The van der Waals surface area contributed by atoms with Gasteiger partial charge >= 0.3 is 0 Å². The van der Waals surface area contributed by atoms with Gasteiger partial charge in [-0.15, -0.1) is 0 Å². The second-order valence-corrected chi connectivity index (χ2v) is 9.95. The van der Waals surface area contributed by atoms with Crippen LogP contribution in [0.4, 0.5) is 0 Å². The van der Waals surface area contributed by atoms with Gasteiger partial charge in [0.15, 0.2) is 0 Å². The molecule has 2 aliphatic carbocycles. The number of allylic oxidation sites excluding steroid dienone is 2. The molecule has 0 amide bonds. The first-order chi connectivity index (χ1) is 11.9. The van der Waals surface area contributed by atoms with E-state index in [1.807, 2.05) is 6.92 Å². The maximum absolute atomic E-state index is 11.5. The van der Waals surface area contributed by atoms with Crippen molar-refractivity contribution in [1.29, 1.82) is 0 Å². The van der Waals surface area contributed by atoms with Crippen molar-refractivity contribution < 1.29 is 12.6 Å². The topological polar surface area (TPSA) is 43.4 Å². The summed E-state index contributed by atoms with van der Waals surface area (Å²) < 4.78 is 28.2. The summed E-state index contributed by atoms with van der Waals surface area (Å²) >= 11 is 0. The standard InChI is InChI=1S/C21H38O3S/c1-4-6-7-8-17-9-11-18(12-10-17)19-13-15-20(16-14-19)21(5-2)24-25(3,22)23/h4,6,17-21H,5,7-16H2,1-3H3/b6-4+. The van der Waals surface area contributed by atoms with E-state index in [0.29, 0.717) is 5.92 Å². The summed E-state index contributed by atoms with van der Waals surface area (Å²) in [6.07, 6.45) is 19.4. The van der Waals surface area contributed by atoms with E-state index in [-0.39, 0.29) is 6.10 Å². The molecular weight excluding hydrogens is 332 g/mol. The van der Waals surface area contributed by atoms with E-state index >= 15 is 0 Å². The molecule has 3 nitrogen and oxygen atoms in total. The fraction of sp³-hybridized carbons (Fsp3) is 0.905. The van der Waals surface area contributed by atoms with Crippen LogP contribution in [0.3, 0.4) is 0 Å². The van der Waals surface area contributed by atoms with Crippen molar-refractivity contribution in [3.63, 3.8) is 0 Å². The molecule has 0 heterocycles. The van der Waals surface area contributed by atoms with Gasteiger partial charge in [-0.3, -0.25) is 4.18 Å². The third-order valence-electron chi connectivity index (χ3n) is 6.58. The maximum atomic E-state index is 11.5. The second kappa shape index (κ2) is 10.1. The lowest BCUT2D eigenvalue weighted by Crippen LogP contribution is -2.32. The Bertz CT molecular complexity index is 495. The number of hydrogen-bond donors (Lipinski definition) is 0. The third kappa shape index (κ3) is 7.05. The fourth-order valence-corrected chi connectivity index (χ4v) is 5.88. The highest BCUT2D eigenvalue weighted by molar-refractivity contribution is 7.86. The zero-order valence-corrected chi connectivity index (χ0v) is 17.3. The summed E-state index contributed by atoms with van der Waals surface area (Å²) in [6, 6.07) is 0. The van der Waals surface area contributed by atoms with E-state index in [4.69, 9.17) is 4.18 Å². The minimum atomic E-state index is -3.34. The summed E-state index contributed by atoms with van der Waals surface area (Å²) in [4.78, 5) is 0. The Kier molecular flexibility index (Phi) is 8.47. The van der Waals surface area contributed by atoms with Crippen molar-refractivity contribution in [3.8, 4) is 0 Å². The molecule has 0 radical (unpaired) electrons. The molecule has 0 spiro atoms. The van der Waals surface area contributed by atoms with Crippen LogP contribution in [0, 0.1) is 23.7 Å². The first-order valence-corrected chi connectivity index (χ1v) is 12.2. The largest absolute Gasteiger partial charge is 0.267 e. The minimum absolute atomic E-state index is 0.113. The summed E-state index contributed by atoms with van der Waals surface area (Å²) in [5, 5.41) is 0. The third-order valence-corrected chi connectivity index (χ3v) is 7.18. The Morgan fingerprint density at radius 3 is 2.04 bits per heavy atom. The molecule has 0 aliphatic heterocycles. The minimum Gasteiger partial charge on any atom is -0.267 e. The van der Waals surface area contributed by atoms with Crippen molar-refractivity contribution in [3.05, 3.63) is 12.2 Å². The monoisotopic (exact) mass is 370 g/mol. The molecule has 1 atom stereocenters. The van der Waals surface area contributed by atoms with Crippen molar-refractivity contribution in [1.82, 2.24) is 0 Å². The maximum Gasteiger partial charge on any atom is 0.264 e. The molecule has 1 unspecified atom stereocenters. The number of hydrogen-bond acceptors (Lipinski definition) is 3. The lowest BCUT2D eigenvalue weighted by Gasteiger charge is -2.39. The zero-order valence-electron chi connectivity index (χ0n) is 16.5. The average Bonchev–Trinajstić information content (AvgIpc) is 2.60. The van der Waals surface area contributed by atoms with E-state index in [2.05, 4.69) is 19.1 Å². The molecule has 146 valence electrons. The van der Waals surface area contributed by atoms with Crippen LogP contribution in [0.15, 0.2) is 12.2 Å². The lowest BCUT2D eigenvalue weighted by atomic mass is 9.68. The average molecular weight is 371 g/mol. The van der Waals surface area contributed by atoms with Gasteiger partial charge in [0.1, 0.15) is 0 Å². The molecule has 0 bridgehead atoms. The highest BCUT2D eigenvalue weighted by Crippen LogP contribution is 2.43. The van der Waals surface area contributed by atoms with Gasteiger partial charge in [-0.05, 0) is 88.4 Å².